The van der Waals surface area contributed by atoms with E-state index in [1.165, 1.54) is 11.1 Å². The van der Waals surface area contributed by atoms with Crippen molar-refractivity contribution in [3.63, 3.8) is 0 Å². The Morgan fingerprint density at radius 3 is 2.55 bits per heavy atom. The van der Waals surface area contributed by atoms with Gasteiger partial charge in [-0.25, -0.2) is 0 Å². The summed E-state index contributed by atoms with van der Waals surface area (Å²) in [5, 5.41) is 1.54. The first kappa shape index (κ1) is 20.5. The normalized spacial score (nSPS) is 28.8. The fourth-order valence-corrected chi connectivity index (χ4v) is 5.43. The topological polar surface area (TPSA) is 12.2 Å². The maximum atomic E-state index is 6.40. The molecular formula is C25H28Cl2NO+. The molecule has 0 spiro atoms. The van der Waals surface area contributed by atoms with Gasteiger partial charge in [-0.1, -0.05) is 60.5 Å². The highest BCUT2D eigenvalue weighted by Gasteiger charge is 2.56. The van der Waals surface area contributed by atoms with Gasteiger partial charge in [-0.3, -0.25) is 0 Å². The highest BCUT2D eigenvalue weighted by Crippen LogP contribution is 2.51. The predicted octanol–water partition coefficient (Wildman–Crippen LogP) is 7.02. The van der Waals surface area contributed by atoms with Crippen LogP contribution in [-0.2, 0) is 4.74 Å². The zero-order chi connectivity index (χ0) is 20.6. The van der Waals surface area contributed by atoms with Crippen LogP contribution in [0.5, 0.6) is 0 Å². The summed E-state index contributed by atoms with van der Waals surface area (Å²) in [7, 11) is 0. The van der Waals surface area contributed by atoms with E-state index in [0.717, 1.165) is 41.8 Å². The molecule has 1 unspecified atom stereocenters. The first-order valence-corrected chi connectivity index (χ1v) is 11.1. The monoisotopic (exact) mass is 428 g/mol. The lowest BCUT2D eigenvalue weighted by Crippen LogP contribution is -2.45. The Labute approximate surface area is 183 Å². The molecule has 0 N–H and O–H groups in total. The van der Waals surface area contributed by atoms with E-state index in [9.17, 15) is 0 Å². The van der Waals surface area contributed by atoms with Crippen molar-refractivity contribution < 1.29 is 9.31 Å². The van der Waals surface area contributed by atoms with Crippen LogP contribution in [0.4, 0.5) is 0 Å². The molecule has 2 aromatic rings. The molecule has 0 fully saturated rings. The van der Waals surface area contributed by atoms with E-state index in [2.05, 4.69) is 55.3 Å². The van der Waals surface area contributed by atoms with Crippen LogP contribution in [0.15, 0.2) is 61.2 Å². The number of benzene rings is 2. The van der Waals surface area contributed by atoms with Crippen molar-refractivity contribution in [3.8, 4) is 0 Å². The summed E-state index contributed by atoms with van der Waals surface area (Å²) in [6.45, 7) is 9.32. The van der Waals surface area contributed by atoms with Crippen LogP contribution in [0.3, 0.4) is 0 Å². The minimum Gasteiger partial charge on any atom is -0.441 e. The van der Waals surface area contributed by atoms with E-state index in [4.69, 9.17) is 27.9 Å². The lowest BCUT2D eigenvalue weighted by molar-refractivity contribution is -0.610. The van der Waals surface area contributed by atoms with Crippen molar-refractivity contribution in [2.24, 2.45) is 5.41 Å². The quantitative estimate of drug-likeness (QED) is 0.367. The molecule has 2 aliphatic heterocycles. The van der Waals surface area contributed by atoms with Crippen LogP contribution in [0.2, 0.25) is 10.0 Å². The maximum Gasteiger partial charge on any atom is 0.343 e. The Balaban J connectivity index is 1.93. The third kappa shape index (κ3) is 3.73. The molecule has 152 valence electrons. The zero-order valence-corrected chi connectivity index (χ0v) is 18.6. The highest BCUT2D eigenvalue weighted by atomic mass is 35.5. The summed E-state index contributed by atoms with van der Waals surface area (Å²) in [5.41, 5.74) is 2.46. The molecule has 0 amide bonds. The molecule has 2 aromatic carbocycles. The molecular weight excluding hydrogens is 401 g/mol. The van der Waals surface area contributed by atoms with Crippen LogP contribution in [0.1, 0.15) is 56.2 Å². The summed E-state index contributed by atoms with van der Waals surface area (Å²) in [6.07, 6.45) is 4.93. The molecule has 0 saturated heterocycles. The second-order valence-corrected chi connectivity index (χ2v) is 9.37. The largest absolute Gasteiger partial charge is 0.441 e. The van der Waals surface area contributed by atoms with Gasteiger partial charge in [0.05, 0.1) is 11.3 Å². The molecule has 2 heterocycles. The van der Waals surface area contributed by atoms with Crippen LogP contribution < -0.4 is 0 Å². The van der Waals surface area contributed by atoms with Crippen molar-refractivity contribution in [2.45, 2.75) is 51.1 Å². The Morgan fingerprint density at radius 2 is 1.90 bits per heavy atom. The molecule has 0 aliphatic carbocycles. The lowest BCUT2D eigenvalue weighted by atomic mass is 9.69. The van der Waals surface area contributed by atoms with Gasteiger partial charge in [0.2, 0.25) is 0 Å². The van der Waals surface area contributed by atoms with Crippen LogP contribution in [0.25, 0.3) is 0 Å². The van der Waals surface area contributed by atoms with Crippen molar-refractivity contribution in [1.82, 2.24) is 0 Å². The average Bonchev–Trinajstić information content (AvgIpc) is 3.14. The fraction of sp³-hybridized carbons (Fsp3) is 0.400. The number of hydrogen-bond acceptors (Lipinski definition) is 1. The summed E-state index contributed by atoms with van der Waals surface area (Å²) < 4.78 is 8.90. The Morgan fingerprint density at radius 1 is 1.14 bits per heavy atom. The third-order valence-electron chi connectivity index (χ3n) is 6.46. The van der Waals surface area contributed by atoms with Gasteiger partial charge in [0.15, 0.2) is 18.7 Å². The third-order valence-corrected chi connectivity index (χ3v) is 6.95. The predicted molar refractivity (Wildman–Crippen MR) is 121 cm³/mol. The van der Waals surface area contributed by atoms with Crippen molar-refractivity contribution in [2.75, 3.05) is 6.61 Å². The van der Waals surface area contributed by atoms with Gasteiger partial charge >= 0.3 is 5.90 Å². The molecule has 0 aromatic heterocycles. The first-order chi connectivity index (χ1) is 14.0. The van der Waals surface area contributed by atoms with Gasteiger partial charge in [-0.05, 0) is 49.6 Å². The number of hydrogen-bond donors (Lipinski definition) is 0. The molecule has 2 aliphatic rings. The standard InChI is InChI=1S/C25H28Cl2NO/c1-4-13-25(3)15-22(18-7-6-8-20(27)14-18)23(17-9-11-19(26)12-10-17)28-21(5-2)16-29-24(25)28/h4,6-12,14,21-23H,1,5,13,15-16H2,2-3H3/q+1/t21-,22+,23?,25-/m0/s1. The molecule has 0 bridgehead atoms. The van der Waals surface area contributed by atoms with E-state index in [1.807, 2.05) is 24.3 Å². The summed E-state index contributed by atoms with van der Waals surface area (Å²) >= 11 is 12.6. The van der Waals surface area contributed by atoms with Gasteiger partial charge in [-0.2, -0.15) is 4.58 Å². The van der Waals surface area contributed by atoms with E-state index in [1.54, 1.807) is 0 Å². The Kier molecular flexibility index (Phi) is 5.77. The van der Waals surface area contributed by atoms with E-state index in [0.29, 0.717) is 12.0 Å². The van der Waals surface area contributed by atoms with Gasteiger partial charge in [0.25, 0.3) is 0 Å². The zero-order valence-electron chi connectivity index (χ0n) is 17.1. The summed E-state index contributed by atoms with van der Waals surface area (Å²) in [5.74, 6) is 1.40. The van der Waals surface area contributed by atoms with E-state index in [-0.39, 0.29) is 11.5 Å². The second kappa shape index (κ2) is 8.16. The number of rotatable bonds is 5. The fourth-order valence-electron chi connectivity index (χ4n) is 5.11. The molecule has 0 saturated carbocycles. The van der Waals surface area contributed by atoms with Gasteiger partial charge in [0, 0.05) is 22.0 Å². The smallest absolute Gasteiger partial charge is 0.343 e. The Bertz CT molecular complexity index is 936. The van der Waals surface area contributed by atoms with Crippen molar-refractivity contribution >= 4 is 29.1 Å². The number of halogens is 2. The van der Waals surface area contributed by atoms with E-state index >= 15 is 0 Å². The minimum atomic E-state index is -0.0818. The number of allylic oxidation sites excluding steroid dienone is 1. The molecule has 2 nitrogen and oxygen atoms in total. The minimum absolute atomic E-state index is 0.0818. The summed E-state index contributed by atoms with van der Waals surface area (Å²) in [4.78, 5) is 0. The van der Waals surface area contributed by atoms with Gasteiger partial charge in [0.1, 0.15) is 0 Å². The molecule has 0 radical (unpaired) electrons. The van der Waals surface area contributed by atoms with Crippen molar-refractivity contribution in [1.29, 1.82) is 0 Å². The summed E-state index contributed by atoms with van der Waals surface area (Å²) in [6, 6.07) is 17.2. The maximum absolute atomic E-state index is 6.40. The SMILES string of the molecule is C=CC[C@@]1(C)C[C@H](c2cccc(Cl)c2)C(c2ccc(Cl)cc2)[N+]2=C1OC[C@@H]2CC. The number of nitrogens with zero attached hydrogens (tertiary/aromatic N) is 1. The van der Waals surface area contributed by atoms with E-state index < -0.39 is 0 Å². The lowest BCUT2D eigenvalue weighted by Gasteiger charge is -2.38. The highest BCUT2D eigenvalue weighted by molar-refractivity contribution is 6.30. The van der Waals surface area contributed by atoms with Gasteiger partial charge < -0.3 is 4.74 Å². The molecule has 4 rings (SSSR count). The van der Waals surface area contributed by atoms with Gasteiger partial charge in [-0.15, -0.1) is 6.58 Å². The molecule has 4 heteroatoms. The van der Waals surface area contributed by atoms with Crippen LogP contribution in [-0.4, -0.2) is 23.1 Å². The molecule has 4 atom stereocenters. The second-order valence-electron chi connectivity index (χ2n) is 8.50. The van der Waals surface area contributed by atoms with Crippen LogP contribution in [0, 0.1) is 5.41 Å². The average molecular weight is 429 g/mol. The first-order valence-electron chi connectivity index (χ1n) is 10.4. The van der Waals surface area contributed by atoms with Crippen LogP contribution >= 0.6 is 23.2 Å². The Hall–Kier alpha value is -1.77. The molecule has 29 heavy (non-hydrogen) atoms. The number of ether oxygens (including phenoxy) is 1. The van der Waals surface area contributed by atoms with Crippen molar-refractivity contribution in [3.05, 3.63) is 82.4 Å².